The SMILES string of the molecule is CC(C)(O)C(C)(C)OBc1ccc(F)s1. The minimum absolute atomic E-state index is 0.213. The van der Waals surface area contributed by atoms with E-state index in [1.807, 2.05) is 13.8 Å². The first-order chi connectivity index (χ1) is 6.72. The zero-order valence-electron chi connectivity index (χ0n) is 9.50. The standard InChI is InChI=1S/C10H16BFO2S/c1-9(2,13)10(3,4)14-11-7-5-6-8(12)15-7/h5-6,11,13H,1-4H3. The summed E-state index contributed by atoms with van der Waals surface area (Å²) >= 11 is 1.07. The Balaban J connectivity index is 2.57. The second-order valence-corrected chi connectivity index (χ2v) is 5.68. The van der Waals surface area contributed by atoms with Crippen molar-refractivity contribution in [3.05, 3.63) is 17.3 Å². The molecule has 0 spiro atoms. The summed E-state index contributed by atoms with van der Waals surface area (Å²) in [5.41, 5.74) is -1.59. The molecular formula is C10H16BFO2S. The average Bonchev–Trinajstić information content (AvgIpc) is 2.46. The summed E-state index contributed by atoms with van der Waals surface area (Å²) in [6.07, 6.45) is 0. The molecule has 0 bridgehead atoms. The summed E-state index contributed by atoms with van der Waals surface area (Å²) < 4.78 is 19.1. The quantitative estimate of drug-likeness (QED) is 0.793. The highest BCUT2D eigenvalue weighted by Crippen LogP contribution is 2.24. The minimum atomic E-state index is -0.928. The lowest BCUT2D eigenvalue weighted by atomic mass is 9.86. The Morgan fingerprint density at radius 1 is 1.33 bits per heavy atom. The van der Waals surface area contributed by atoms with Gasteiger partial charge in [0.2, 0.25) is 0 Å². The van der Waals surface area contributed by atoms with Crippen LogP contribution in [0.5, 0.6) is 0 Å². The van der Waals surface area contributed by atoms with E-state index < -0.39 is 11.2 Å². The van der Waals surface area contributed by atoms with Gasteiger partial charge in [-0.15, -0.1) is 11.3 Å². The molecule has 0 radical (unpaired) electrons. The Bertz CT molecular complexity index is 330. The van der Waals surface area contributed by atoms with E-state index in [9.17, 15) is 9.50 Å². The molecule has 0 unspecified atom stereocenters. The van der Waals surface area contributed by atoms with Crippen LogP contribution in [0.3, 0.4) is 0 Å². The van der Waals surface area contributed by atoms with Crippen molar-refractivity contribution in [2.75, 3.05) is 0 Å². The molecule has 0 aliphatic carbocycles. The minimum Gasteiger partial charge on any atom is -0.426 e. The molecule has 0 saturated carbocycles. The maximum absolute atomic E-state index is 12.7. The molecule has 5 heteroatoms. The molecule has 0 aromatic carbocycles. The van der Waals surface area contributed by atoms with Crippen LogP contribution in [0.2, 0.25) is 0 Å². The molecule has 1 aromatic rings. The molecule has 1 N–H and O–H groups in total. The van der Waals surface area contributed by atoms with Gasteiger partial charge in [0, 0.05) is 4.78 Å². The molecule has 0 aliphatic heterocycles. The topological polar surface area (TPSA) is 29.5 Å². The van der Waals surface area contributed by atoms with Crippen LogP contribution in [-0.4, -0.2) is 23.8 Å². The first kappa shape index (κ1) is 12.7. The number of thiophene rings is 1. The van der Waals surface area contributed by atoms with Crippen LogP contribution in [-0.2, 0) is 4.65 Å². The molecule has 0 saturated heterocycles. The number of rotatable bonds is 4. The summed E-state index contributed by atoms with van der Waals surface area (Å²) in [6.45, 7) is 7.03. The maximum atomic E-state index is 12.7. The second-order valence-electron chi connectivity index (χ2n) is 4.56. The Kier molecular flexibility index (Phi) is 3.58. The number of hydrogen-bond acceptors (Lipinski definition) is 3. The monoisotopic (exact) mass is 230 g/mol. The largest absolute Gasteiger partial charge is 0.426 e. The molecule has 2 nitrogen and oxygen atoms in total. The zero-order valence-corrected chi connectivity index (χ0v) is 10.3. The van der Waals surface area contributed by atoms with Gasteiger partial charge >= 0.3 is 7.48 Å². The molecule has 84 valence electrons. The van der Waals surface area contributed by atoms with E-state index >= 15 is 0 Å². The summed E-state index contributed by atoms with van der Waals surface area (Å²) in [5.74, 6) is 0. The van der Waals surface area contributed by atoms with Crippen LogP contribution >= 0.6 is 11.3 Å². The van der Waals surface area contributed by atoms with E-state index in [1.54, 1.807) is 19.9 Å². The lowest BCUT2D eigenvalue weighted by molar-refractivity contribution is -0.0892. The lowest BCUT2D eigenvalue weighted by Gasteiger charge is -2.37. The van der Waals surface area contributed by atoms with Gasteiger partial charge in [0.1, 0.15) is 0 Å². The fraction of sp³-hybridized carbons (Fsp3) is 0.600. The van der Waals surface area contributed by atoms with Crippen molar-refractivity contribution in [3.63, 3.8) is 0 Å². The normalized spacial score (nSPS) is 12.9. The van der Waals surface area contributed by atoms with Crippen LogP contribution in [0.4, 0.5) is 4.39 Å². The van der Waals surface area contributed by atoms with Crippen molar-refractivity contribution in [2.24, 2.45) is 0 Å². The van der Waals surface area contributed by atoms with Gasteiger partial charge in [-0.25, -0.2) is 0 Å². The van der Waals surface area contributed by atoms with Gasteiger partial charge in [0.05, 0.1) is 11.2 Å². The Labute approximate surface area is 94.4 Å². The van der Waals surface area contributed by atoms with Crippen LogP contribution in [0.25, 0.3) is 0 Å². The fourth-order valence-corrected chi connectivity index (χ4v) is 1.50. The molecule has 15 heavy (non-hydrogen) atoms. The van der Waals surface area contributed by atoms with Crippen molar-refractivity contribution >= 4 is 23.6 Å². The van der Waals surface area contributed by atoms with Gasteiger partial charge < -0.3 is 9.76 Å². The molecule has 0 atom stereocenters. The fourth-order valence-electron chi connectivity index (χ4n) is 0.857. The Morgan fingerprint density at radius 2 is 1.93 bits per heavy atom. The first-order valence-electron chi connectivity index (χ1n) is 4.83. The van der Waals surface area contributed by atoms with Gasteiger partial charge in [-0.2, -0.15) is 4.39 Å². The predicted octanol–water partition coefficient (Wildman–Crippen LogP) is 1.43. The van der Waals surface area contributed by atoms with Gasteiger partial charge in [-0.05, 0) is 33.8 Å². The molecule has 0 amide bonds. The van der Waals surface area contributed by atoms with Crippen molar-refractivity contribution in [1.29, 1.82) is 0 Å². The van der Waals surface area contributed by atoms with Gasteiger partial charge in [0.25, 0.3) is 0 Å². The number of aliphatic hydroxyl groups is 1. The predicted molar refractivity (Wildman–Crippen MR) is 62.5 cm³/mol. The van der Waals surface area contributed by atoms with Gasteiger partial charge in [-0.1, -0.05) is 6.07 Å². The van der Waals surface area contributed by atoms with E-state index in [4.69, 9.17) is 4.65 Å². The smallest absolute Gasteiger partial charge is 0.319 e. The third-order valence-electron chi connectivity index (χ3n) is 2.68. The molecule has 1 aromatic heterocycles. The van der Waals surface area contributed by atoms with Crippen LogP contribution in [0, 0.1) is 5.13 Å². The highest BCUT2D eigenvalue weighted by Gasteiger charge is 2.35. The number of hydrogen-bond donors (Lipinski definition) is 1. The molecule has 1 rings (SSSR count). The van der Waals surface area contributed by atoms with E-state index in [2.05, 4.69) is 0 Å². The molecule has 0 fully saturated rings. The van der Waals surface area contributed by atoms with Crippen molar-refractivity contribution in [2.45, 2.75) is 38.9 Å². The highest BCUT2D eigenvalue weighted by atomic mass is 32.1. The molecular weight excluding hydrogens is 214 g/mol. The summed E-state index contributed by atoms with van der Waals surface area (Å²) in [5, 5.41) is 9.62. The Morgan fingerprint density at radius 3 is 2.33 bits per heavy atom. The number of halogens is 1. The highest BCUT2D eigenvalue weighted by molar-refractivity contribution is 7.19. The van der Waals surface area contributed by atoms with E-state index in [0.717, 1.165) is 16.1 Å². The third-order valence-corrected chi connectivity index (χ3v) is 3.52. The summed E-state index contributed by atoms with van der Waals surface area (Å²) in [7, 11) is 0.325. The van der Waals surface area contributed by atoms with E-state index in [1.165, 1.54) is 6.07 Å². The summed E-state index contributed by atoms with van der Waals surface area (Å²) in [4.78, 5) is 0. The van der Waals surface area contributed by atoms with Crippen LogP contribution in [0.1, 0.15) is 27.7 Å². The van der Waals surface area contributed by atoms with Gasteiger partial charge in [-0.3, -0.25) is 0 Å². The third kappa shape index (κ3) is 3.29. The second kappa shape index (κ2) is 4.24. The Hall–Kier alpha value is -0.385. The van der Waals surface area contributed by atoms with Crippen LogP contribution < -0.4 is 4.78 Å². The average molecular weight is 230 g/mol. The van der Waals surface area contributed by atoms with E-state index in [0.29, 0.717) is 7.48 Å². The van der Waals surface area contributed by atoms with E-state index in [-0.39, 0.29) is 5.13 Å². The van der Waals surface area contributed by atoms with Crippen molar-refractivity contribution < 1.29 is 14.2 Å². The van der Waals surface area contributed by atoms with Crippen molar-refractivity contribution in [1.82, 2.24) is 0 Å². The first-order valence-corrected chi connectivity index (χ1v) is 5.64. The molecule has 0 aliphatic rings. The lowest BCUT2D eigenvalue weighted by Crippen LogP contribution is -2.49. The van der Waals surface area contributed by atoms with Crippen LogP contribution in [0.15, 0.2) is 12.1 Å². The maximum Gasteiger partial charge on any atom is 0.319 e. The zero-order chi connectivity index (χ0) is 11.7. The van der Waals surface area contributed by atoms with Crippen molar-refractivity contribution in [3.8, 4) is 0 Å². The summed E-state index contributed by atoms with van der Waals surface area (Å²) in [6, 6.07) is 3.11. The molecule has 1 heterocycles. The van der Waals surface area contributed by atoms with Gasteiger partial charge in [0.15, 0.2) is 5.13 Å².